The predicted octanol–water partition coefficient (Wildman–Crippen LogP) is 2.02. The zero-order valence-electron chi connectivity index (χ0n) is 11.0. The van der Waals surface area contributed by atoms with Crippen LogP contribution in [0, 0.1) is 0 Å². The topological polar surface area (TPSA) is 62.4 Å². The largest absolute Gasteiger partial charge is 0.398 e. The summed E-state index contributed by atoms with van der Waals surface area (Å²) in [6.45, 7) is 4.04. The van der Waals surface area contributed by atoms with Crippen molar-refractivity contribution in [3.05, 3.63) is 30.5 Å². The molecule has 1 heterocycles. The minimum Gasteiger partial charge on any atom is -0.398 e. The Morgan fingerprint density at radius 1 is 1.33 bits per heavy atom. The average molecular weight is 245 g/mol. The highest BCUT2D eigenvalue weighted by Crippen LogP contribution is 2.31. The van der Waals surface area contributed by atoms with Gasteiger partial charge in [0.1, 0.15) is 0 Å². The first-order chi connectivity index (χ1) is 8.47. The second kappa shape index (κ2) is 4.46. The molecule has 96 valence electrons. The maximum Gasteiger partial charge on any atom is 0.0956 e. The summed E-state index contributed by atoms with van der Waals surface area (Å²) >= 11 is 0. The monoisotopic (exact) mass is 245 g/mol. The first-order valence-electron chi connectivity index (χ1n) is 5.95. The Morgan fingerprint density at radius 2 is 2.06 bits per heavy atom. The maximum absolute atomic E-state index is 9.47. The highest BCUT2D eigenvalue weighted by Gasteiger charge is 2.24. The van der Waals surface area contributed by atoms with Gasteiger partial charge in [0, 0.05) is 24.3 Å². The number of rotatable bonds is 3. The molecule has 0 saturated heterocycles. The Balaban J connectivity index is 2.62. The fourth-order valence-electron chi connectivity index (χ4n) is 1.88. The van der Waals surface area contributed by atoms with Gasteiger partial charge in [0.05, 0.1) is 23.3 Å². The summed E-state index contributed by atoms with van der Waals surface area (Å²) in [5.74, 6) is 0. The molecule has 0 amide bonds. The zero-order valence-corrected chi connectivity index (χ0v) is 11.0. The van der Waals surface area contributed by atoms with Gasteiger partial charge in [0.2, 0.25) is 0 Å². The molecule has 0 fully saturated rings. The molecule has 2 aromatic rings. The lowest BCUT2D eigenvalue weighted by molar-refractivity contribution is 0.216. The molecule has 0 atom stereocenters. The average Bonchev–Trinajstić information content (AvgIpc) is 2.39. The van der Waals surface area contributed by atoms with Crippen LogP contribution in [0.2, 0.25) is 0 Å². The number of benzene rings is 1. The van der Waals surface area contributed by atoms with Crippen molar-refractivity contribution in [1.82, 2.24) is 4.98 Å². The van der Waals surface area contributed by atoms with Gasteiger partial charge in [0.25, 0.3) is 0 Å². The Labute approximate surface area is 107 Å². The van der Waals surface area contributed by atoms with Gasteiger partial charge in [0.15, 0.2) is 0 Å². The van der Waals surface area contributed by atoms with E-state index in [0.29, 0.717) is 0 Å². The second-order valence-electron chi connectivity index (χ2n) is 5.10. The van der Waals surface area contributed by atoms with Crippen LogP contribution < -0.4 is 10.6 Å². The first-order valence-corrected chi connectivity index (χ1v) is 5.95. The minimum absolute atomic E-state index is 0.0716. The molecule has 4 heteroatoms. The van der Waals surface area contributed by atoms with Crippen molar-refractivity contribution in [3.63, 3.8) is 0 Å². The van der Waals surface area contributed by atoms with Crippen LogP contribution in [-0.4, -0.2) is 29.3 Å². The summed E-state index contributed by atoms with van der Waals surface area (Å²) in [6.07, 6.45) is 1.76. The van der Waals surface area contributed by atoms with Gasteiger partial charge < -0.3 is 15.7 Å². The molecule has 0 unspecified atom stereocenters. The van der Waals surface area contributed by atoms with Gasteiger partial charge in [-0.15, -0.1) is 0 Å². The van der Waals surface area contributed by atoms with Crippen LogP contribution in [-0.2, 0) is 0 Å². The number of fused-ring (bicyclic) bond motifs is 1. The fraction of sp³-hybridized carbons (Fsp3) is 0.357. The van der Waals surface area contributed by atoms with E-state index in [0.717, 1.165) is 22.3 Å². The van der Waals surface area contributed by atoms with Crippen LogP contribution in [0.25, 0.3) is 10.9 Å². The van der Waals surface area contributed by atoms with E-state index in [1.807, 2.05) is 50.1 Å². The Bertz CT molecular complexity index is 566. The lowest BCUT2D eigenvalue weighted by atomic mass is 10.0. The molecule has 2 rings (SSSR count). The summed E-state index contributed by atoms with van der Waals surface area (Å²) in [5, 5.41) is 10.4. The second-order valence-corrected chi connectivity index (χ2v) is 5.10. The quantitative estimate of drug-likeness (QED) is 0.812. The van der Waals surface area contributed by atoms with Crippen LogP contribution in [0.4, 0.5) is 11.4 Å². The lowest BCUT2D eigenvalue weighted by Gasteiger charge is -2.36. The number of nitrogens with two attached hydrogens (primary N) is 1. The number of nitrogens with zero attached hydrogens (tertiary/aromatic N) is 2. The molecule has 0 spiro atoms. The van der Waals surface area contributed by atoms with Gasteiger partial charge in [-0.05, 0) is 38.1 Å². The van der Waals surface area contributed by atoms with E-state index in [-0.39, 0.29) is 12.1 Å². The van der Waals surface area contributed by atoms with E-state index in [1.165, 1.54) is 0 Å². The number of hydrogen-bond acceptors (Lipinski definition) is 4. The third kappa shape index (κ3) is 1.99. The number of likely N-dealkylation sites (N-methyl/N-ethyl adjacent to an activating group) is 1. The van der Waals surface area contributed by atoms with E-state index in [4.69, 9.17) is 5.73 Å². The number of nitrogen functional groups attached to an aromatic ring is 1. The van der Waals surface area contributed by atoms with Crippen molar-refractivity contribution in [3.8, 4) is 0 Å². The third-order valence-electron chi connectivity index (χ3n) is 3.44. The molecular weight excluding hydrogens is 226 g/mol. The first kappa shape index (κ1) is 12.6. The number of aliphatic hydroxyl groups excluding tert-OH is 1. The molecule has 0 aliphatic carbocycles. The number of hydrogen-bond donors (Lipinski definition) is 2. The summed E-state index contributed by atoms with van der Waals surface area (Å²) in [4.78, 5) is 6.44. The summed E-state index contributed by atoms with van der Waals surface area (Å²) < 4.78 is 0. The van der Waals surface area contributed by atoms with Gasteiger partial charge in [-0.3, -0.25) is 4.98 Å². The fourth-order valence-corrected chi connectivity index (χ4v) is 1.88. The van der Waals surface area contributed by atoms with Crippen molar-refractivity contribution in [1.29, 1.82) is 0 Å². The summed E-state index contributed by atoms with van der Waals surface area (Å²) in [6, 6.07) is 7.66. The smallest absolute Gasteiger partial charge is 0.0956 e. The van der Waals surface area contributed by atoms with Gasteiger partial charge >= 0.3 is 0 Å². The molecule has 18 heavy (non-hydrogen) atoms. The number of pyridine rings is 1. The van der Waals surface area contributed by atoms with Crippen molar-refractivity contribution >= 4 is 22.3 Å². The van der Waals surface area contributed by atoms with Crippen LogP contribution in [0.5, 0.6) is 0 Å². The molecule has 4 nitrogen and oxygen atoms in total. The molecule has 0 saturated carbocycles. The minimum atomic E-state index is -0.347. The Kier molecular flexibility index (Phi) is 3.13. The molecule has 0 aliphatic rings. The van der Waals surface area contributed by atoms with E-state index < -0.39 is 0 Å². The Hall–Kier alpha value is -1.81. The van der Waals surface area contributed by atoms with E-state index in [2.05, 4.69) is 4.98 Å². The summed E-state index contributed by atoms with van der Waals surface area (Å²) in [5.41, 5.74) is 8.17. The van der Waals surface area contributed by atoms with Gasteiger partial charge in [-0.1, -0.05) is 0 Å². The normalized spacial score (nSPS) is 11.8. The third-order valence-corrected chi connectivity index (χ3v) is 3.44. The van der Waals surface area contributed by atoms with Gasteiger partial charge in [-0.25, -0.2) is 0 Å². The van der Waals surface area contributed by atoms with Crippen LogP contribution >= 0.6 is 0 Å². The molecule has 0 aliphatic heterocycles. The molecular formula is C14H19N3O. The molecule has 3 N–H and O–H groups in total. The summed E-state index contributed by atoms with van der Waals surface area (Å²) in [7, 11) is 1.95. The molecule has 0 radical (unpaired) electrons. The van der Waals surface area contributed by atoms with Crippen molar-refractivity contribution in [2.24, 2.45) is 0 Å². The maximum atomic E-state index is 9.47. The van der Waals surface area contributed by atoms with E-state index in [9.17, 15) is 5.11 Å². The van der Waals surface area contributed by atoms with Crippen LogP contribution in [0.3, 0.4) is 0 Å². The SMILES string of the molecule is CN(c1ccc(N)c2cccnc12)C(C)(C)CO. The van der Waals surface area contributed by atoms with Crippen LogP contribution in [0.15, 0.2) is 30.5 Å². The standard InChI is InChI=1S/C14H19N3O/c1-14(2,9-18)17(3)12-7-6-11(15)10-5-4-8-16-13(10)12/h4-8,18H,9,15H2,1-3H3. The zero-order chi connectivity index (χ0) is 13.3. The van der Waals surface area contributed by atoms with Gasteiger partial charge in [-0.2, -0.15) is 0 Å². The number of aliphatic hydroxyl groups is 1. The van der Waals surface area contributed by atoms with Crippen molar-refractivity contribution in [2.75, 3.05) is 24.3 Å². The predicted molar refractivity (Wildman–Crippen MR) is 75.7 cm³/mol. The van der Waals surface area contributed by atoms with Crippen molar-refractivity contribution in [2.45, 2.75) is 19.4 Å². The molecule has 0 bridgehead atoms. The number of aromatic nitrogens is 1. The van der Waals surface area contributed by atoms with Crippen molar-refractivity contribution < 1.29 is 5.11 Å². The number of anilines is 2. The highest BCUT2D eigenvalue weighted by molar-refractivity contribution is 5.98. The molecule has 1 aromatic carbocycles. The highest BCUT2D eigenvalue weighted by atomic mass is 16.3. The Morgan fingerprint density at radius 3 is 2.72 bits per heavy atom. The molecule has 1 aromatic heterocycles. The van der Waals surface area contributed by atoms with E-state index in [1.54, 1.807) is 6.20 Å². The lowest BCUT2D eigenvalue weighted by Crippen LogP contribution is -2.44. The van der Waals surface area contributed by atoms with E-state index >= 15 is 0 Å². The van der Waals surface area contributed by atoms with Crippen LogP contribution in [0.1, 0.15) is 13.8 Å².